The summed E-state index contributed by atoms with van der Waals surface area (Å²) in [5, 5.41) is 0. The minimum atomic E-state index is -0.451. The number of hydrogen-bond acceptors (Lipinski definition) is 3. The van der Waals surface area contributed by atoms with Gasteiger partial charge in [0.05, 0.1) is 5.56 Å². The molecule has 0 bridgehead atoms. The maximum atomic E-state index is 13.5. The molecule has 0 fully saturated rings. The van der Waals surface area contributed by atoms with Crippen molar-refractivity contribution in [3.8, 4) is 0 Å². The van der Waals surface area contributed by atoms with Crippen molar-refractivity contribution in [1.29, 1.82) is 0 Å². The van der Waals surface area contributed by atoms with Gasteiger partial charge < -0.3 is 4.90 Å². The molecule has 0 aliphatic rings. The lowest BCUT2D eigenvalue weighted by molar-refractivity contribution is 0.0964. The molecule has 1 aromatic carbocycles. The van der Waals surface area contributed by atoms with Crippen molar-refractivity contribution >= 4 is 5.78 Å². The van der Waals surface area contributed by atoms with Gasteiger partial charge in [-0.3, -0.25) is 9.78 Å². The summed E-state index contributed by atoms with van der Waals surface area (Å²) in [4.78, 5) is 18.0. The number of ketones is 1. The molecule has 0 saturated heterocycles. The Morgan fingerprint density at radius 3 is 2.75 bits per heavy atom. The van der Waals surface area contributed by atoms with Gasteiger partial charge in [0.15, 0.2) is 5.78 Å². The number of pyridine rings is 1. The standard InChI is InChI=1S/C16H17FN2O/c1-19(12-13-5-4-9-18-11-13)10-8-16(20)14-6-2-3-7-15(14)17/h2-7,9,11H,8,10,12H2,1H3. The normalized spacial score (nSPS) is 10.8. The highest BCUT2D eigenvalue weighted by molar-refractivity contribution is 5.96. The Bertz CT molecular complexity index is 572. The first-order chi connectivity index (χ1) is 9.66. The Labute approximate surface area is 118 Å². The summed E-state index contributed by atoms with van der Waals surface area (Å²) < 4.78 is 13.5. The number of halogens is 1. The van der Waals surface area contributed by atoms with Crippen molar-refractivity contribution < 1.29 is 9.18 Å². The second-order valence-electron chi connectivity index (χ2n) is 4.75. The van der Waals surface area contributed by atoms with Gasteiger partial charge in [-0.15, -0.1) is 0 Å². The van der Waals surface area contributed by atoms with E-state index >= 15 is 0 Å². The van der Waals surface area contributed by atoms with Crippen LogP contribution < -0.4 is 0 Å². The monoisotopic (exact) mass is 272 g/mol. The lowest BCUT2D eigenvalue weighted by Gasteiger charge is -2.15. The van der Waals surface area contributed by atoms with Crippen molar-refractivity contribution in [2.24, 2.45) is 0 Å². The average Bonchev–Trinajstić information content (AvgIpc) is 2.46. The molecule has 0 amide bonds. The Balaban J connectivity index is 1.86. The topological polar surface area (TPSA) is 33.2 Å². The van der Waals surface area contributed by atoms with Gasteiger partial charge in [-0.05, 0) is 30.8 Å². The molecule has 2 rings (SSSR count). The molecule has 4 heteroatoms. The van der Waals surface area contributed by atoms with Crippen LogP contribution in [0.3, 0.4) is 0 Å². The third kappa shape index (κ3) is 3.96. The van der Waals surface area contributed by atoms with Crippen molar-refractivity contribution in [1.82, 2.24) is 9.88 Å². The predicted molar refractivity (Wildman–Crippen MR) is 75.9 cm³/mol. The van der Waals surface area contributed by atoms with Gasteiger partial charge in [0.1, 0.15) is 5.82 Å². The summed E-state index contributed by atoms with van der Waals surface area (Å²) in [5.41, 5.74) is 1.26. The highest BCUT2D eigenvalue weighted by atomic mass is 19.1. The van der Waals surface area contributed by atoms with Crippen LogP contribution in [0.15, 0.2) is 48.8 Å². The Hall–Kier alpha value is -2.07. The van der Waals surface area contributed by atoms with Crippen LogP contribution in [0.4, 0.5) is 4.39 Å². The van der Waals surface area contributed by atoms with E-state index in [9.17, 15) is 9.18 Å². The van der Waals surface area contributed by atoms with E-state index < -0.39 is 5.82 Å². The molecule has 20 heavy (non-hydrogen) atoms. The molecule has 2 aromatic rings. The molecule has 0 unspecified atom stereocenters. The van der Waals surface area contributed by atoms with Gasteiger partial charge in [-0.2, -0.15) is 0 Å². The van der Waals surface area contributed by atoms with Crippen LogP contribution in [0.5, 0.6) is 0 Å². The minimum Gasteiger partial charge on any atom is -0.302 e. The summed E-state index contributed by atoms with van der Waals surface area (Å²) in [6.45, 7) is 1.31. The first-order valence-electron chi connectivity index (χ1n) is 6.52. The van der Waals surface area contributed by atoms with Crippen LogP contribution >= 0.6 is 0 Å². The second-order valence-corrected chi connectivity index (χ2v) is 4.75. The number of aromatic nitrogens is 1. The molecule has 1 aromatic heterocycles. The maximum absolute atomic E-state index is 13.5. The molecule has 1 heterocycles. The summed E-state index contributed by atoms with van der Waals surface area (Å²) in [6.07, 6.45) is 3.83. The molecule has 0 N–H and O–H groups in total. The molecular formula is C16H17FN2O. The van der Waals surface area contributed by atoms with Crippen molar-refractivity contribution in [3.05, 3.63) is 65.7 Å². The number of nitrogens with zero attached hydrogens (tertiary/aromatic N) is 2. The third-order valence-electron chi connectivity index (χ3n) is 3.07. The number of carbonyl (C=O) groups excluding carboxylic acids is 1. The van der Waals surface area contributed by atoms with E-state index in [1.165, 1.54) is 12.1 Å². The lowest BCUT2D eigenvalue weighted by Crippen LogP contribution is -2.21. The number of carbonyl (C=O) groups is 1. The molecule has 0 spiro atoms. The van der Waals surface area contributed by atoms with Gasteiger partial charge in [0, 0.05) is 31.9 Å². The largest absolute Gasteiger partial charge is 0.302 e. The van der Waals surface area contributed by atoms with Crippen LogP contribution in [0, 0.1) is 5.82 Å². The molecule has 0 radical (unpaired) electrons. The maximum Gasteiger partial charge on any atom is 0.167 e. The highest BCUT2D eigenvalue weighted by Gasteiger charge is 2.11. The highest BCUT2D eigenvalue weighted by Crippen LogP contribution is 2.10. The van der Waals surface area contributed by atoms with Crippen LogP contribution in [0.1, 0.15) is 22.3 Å². The fourth-order valence-electron chi connectivity index (χ4n) is 2.00. The van der Waals surface area contributed by atoms with E-state index in [0.29, 0.717) is 13.0 Å². The summed E-state index contributed by atoms with van der Waals surface area (Å²) in [7, 11) is 1.93. The van der Waals surface area contributed by atoms with Crippen LogP contribution in [0.25, 0.3) is 0 Å². The Morgan fingerprint density at radius 1 is 1.25 bits per heavy atom. The number of Topliss-reactive ketones (excluding diaryl/α,β-unsaturated/α-hetero) is 1. The number of rotatable bonds is 6. The quantitative estimate of drug-likeness (QED) is 0.758. The van der Waals surface area contributed by atoms with E-state index in [-0.39, 0.29) is 11.3 Å². The lowest BCUT2D eigenvalue weighted by atomic mass is 10.1. The number of benzene rings is 1. The van der Waals surface area contributed by atoms with E-state index in [0.717, 1.165) is 12.1 Å². The second kappa shape index (κ2) is 6.91. The molecule has 104 valence electrons. The molecule has 0 saturated carbocycles. The van der Waals surface area contributed by atoms with Gasteiger partial charge in [-0.1, -0.05) is 18.2 Å². The zero-order chi connectivity index (χ0) is 14.4. The SMILES string of the molecule is CN(CCC(=O)c1ccccc1F)Cc1cccnc1. The molecule has 3 nitrogen and oxygen atoms in total. The fourth-order valence-corrected chi connectivity index (χ4v) is 2.00. The van der Waals surface area contributed by atoms with E-state index in [2.05, 4.69) is 4.98 Å². The van der Waals surface area contributed by atoms with E-state index in [1.54, 1.807) is 24.5 Å². The van der Waals surface area contributed by atoms with Crippen molar-refractivity contribution in [2.75, 3.05) is 13.6 Å². The summed E-state index contributed by atoms with van der Waals surface area (Å²) >= 11 is 0. The van der Waals surface area contributed by atoms with Crippen LogP contribution in [-0.2, 0) is 6.54 Å². The van der Waals surface area contributed by atoms with Gasteiger partial charge >= 0.3 is 0 Å². The Kier molecular flexibility index (Phi) is 4.96. The molecule has 0 atom stereocenters. The molecular weight excluding hydrogens is 255 g/mol. The van der Waals surface area contributed by atoms with Crippen LogP contribution in [-0.4, -0.2) is 29.3 Å². The van der Waals surface area contributed by atoms with Crippen LogP contribution in [0.2, 0.25) is 0 Å². The van der Waals surface area contributed by atoms with Crippen molar-refractivity contribution in [3.63, 3.8) is 0 Å². The smallest absolute Gasteiger partial charge is 0.167 e. The summed E-state index contributed by atoms with van der Waals surface area (Å²) in [6, 6.07) is 9.97. The zero-order valence-electron chi connectivity index (χ0n) is 11.4. The Morgan fingerprint density at radius 2 is 2.05 bits per heavy atom. The average molecular weight is 272 g/mol. The van der Waals surface area contributed by atoms with Crippen molar-refractivity contribution in [2.45, 2.75) is 13.0 Å². The van der Waals surface area contributed by atoms with E-state index in [1.807, 2.05) is 24.1 Å². The first kappa shape index (κ1) is 14.3. The number of hydrogen-bond donors (Lipinski definition) is 0. The minimum absolute atomic E-state index is 0.166. The van der Waals surface area contributed by atoms with Gasteiger partial charge in [0.25, 0.3) is 0 Å². The predicted octanol–water partition coefficient (Wildman–Crippen LogP) is 2.93. The summed E-state index contributed by atoms with van der Waals surface area (Å²) in [5.74, 6) is -0.617. The first-order valence-corrected chi connectivity index (χ1v) is 6.52. The molecule has 0 aliphatic heterocycles. The van der Waals surface area contributed by atoms with Gasteiger partial charge in [0.2, 0.25) is 0 Å². The van der Waals surface area contributed by atoms with Gasteiger partial charge in [-0.25, -0.2) is 4.39 Å². The zero-order valence-corrected chi connectivity index (χ0v) is 11.4. The van der Waals surface area contributed by atoms with E-state index in [4.69, 9.17) is 0 Å². The molecule has 0 aliphatic carbocycles. The fraction of sp³-hybridized carbons (Fsp3) is 0.250. The third-order valence-corrected chi connectivity index (χ3v) is 3.07.